The van der Waals surface area contributed by atoms with E-state index in [4.69, 9.17) is 22.7 Å². The highest BCUT2D eigenvalue weighted by Gasteiger charge is 1.86. The van der Waals surface area contributed by atoms with Crippen molar-refractivity contribution in [2.45, 2.75) is 0 Å². The van der Waals surface area contributed by atoms with Gasteiger partial charge in [0.05, 0.1) is 0 Å². The first-order valence-electron chi connectivity index (χ1n) is 3.39. The number of carboxylic acid groups (broad SMARTS) is 1. The molecule has 0 amide bonds. The molecule has 0 saturated carbocycles. The molecule has 0 bridgehead atoms. The lowest BCUT2D eigenvalue weighted by atomic mass is 10.1. The minimum atomic E-state index is -0.250. The van der Waals surface area contributed by atoms with Gasteiger partial charge in [-0.2, -0.15) is 0 Å². The summed E-state index contributed by atoms with van der Waals surface area (Å²) >= 11 is 0. The number of hydrogen-bond donors (Lipinski definition) is 1. The second-order valence-electron chi connectivity index (χ2n) is 1.97. The minimum Gasteiger partial charge on any atom is -0.483 e. The fraction of sp³-hybridized carbons (Fsp3) is 0. The molecule has 2 heteroatoms. The van der Waals surface area contributed by atoms with Crippen LogP contribution in [0.1, 0.15) is 11.1 Å². The number of rotatable bonds is 0. The van der Waals surface area contributed by atoms with Gasteiger partial charge in [-0.05, 0) is 18.2 Å². The third-order valence-corrected chi connectivity index (χ3v) is 1.20. The van der Waals surface area contributed by atoms with Crippen LogP contribution >= 0.6 is 0 Å². The van der Waals surface area contributed by atoms with Gasteiger partial charge in [0.25, 0.3) is 6.47 Å². The highest BCUT2D eigenvalue weighted by atomic mass is 16.3. The third-order valence-electron chi connectivity index (χ3n) is 1.20. The molecule has 64 valence electrons. The monoisotopic (exact) mass is 172 g/mol. The van der Waals surface area contributed by atoms with Gasteiger partial charge < -0.3 is 5.11 Å². The van der Waals surface area contributed by atoms with Crippen molar-refractivity contribution in [1.29, 1.82) is 0 Å². The van der Waals surface area contributed by atoms with E-state index in [-0.39, 0.29) is 6.47 Å². The maximum Gasteiger partial charge on any atom is 0.290 e. The summed E-state index contributed by atoms with van der Waals surface area (Å²) in [6, 6.07) is 7.35. The predicted molar refractivity (Wildman–Crippen MR) is 51.0 cm³/mol. The Kier molecular flexibility index (Phi) is 5.42. The second kappa shape index (κ2) is 6.52. The van der Waals surface area contributed by atoms with E-state index in [1.807, 2.05) is 18.2 Å². The quantitative estimate of drug-likeness (QED) is 0.473. The molecule has 0 heterocycles. The van der Waals surface area contributed by atoms with Crippen molar-refractivity contribution in [3.63, 3.8) is 0 Å². The van der Waals surface area contributed by atoms with Gasteiger partial charge in [0, 0.05) is 11.1 Å². The van der Waals surface area contributed by atoms with Crippen molar-refractivity contribution in [1.82, 2.24) is 0 Å². The zero-order valence-corrected chi connectivity index (χ0v) is 6.90. The zero-order chi connectivity index (χ0) is 10.1. The lowest BCUT2D eigenvalue weighted by Gasteiger charge is -1.89. The molecule has 1 aromatic rings. The van der Waals surface area contributed by atoms with E-state index in [2.05, 4.69) is 11.8 Å². The van der Waals surface area contributed by atoms with Crippen LogP contribution in [0.2, 0.25) is 0 Å². The van der Waals surface area contributed by atoms with Gasteiger partial charge in [-0.15, -0.1) is 12.8 Å². The fourth-order valence-corrected chi connectivity index (χ4v) is 0.699. The van der Waals surface area contributed by atoms with E-state index in [1.54, 1.807) is 6.07 Å². The standard InChI is InChI=1S/C10H6.CH2O2/c1-3-9-6-5-7-10(4-2)8-9;2-1-3/h1-2,5-8H;1H,(H,2,3). The Morgan fingerprint density at radius 1 is 1.23 bits per heavy atom. The molecular formula is C11H8O2. The van der Waals surface area contributed by atoms with E-state index in [0.29, 0.717) is 0 Å². The highest BCUT2D eigenvalue weighted by molar-refractivity contribution is 5.41. The van der Waals surface area contributed by atoms with Gasteiger partial charge in [0.15, 0.2) is 0 Å². The molecule has 0 fully saturated rings. The van der Waals surface area contributed by atoms with Crippen molar-refractivity contribution >= 4 is 6.47 Å². The van der Waals surface area contributed by atoms with Crippen molar-refractivity contribution in [3.8, 4) is 24.7 Å². The normalized spacial score (nSPS) is 6.92. The molecule has 0 aliphatic carbocycles. The maximum atomic E-state index is 8.36. The molecule has 0 aliphatic heterocycles. The molecule has 0 atom stereocenters. The average Bonchev–Trinajstić information content (AvgIpc) is 2.19. The first kappa shape index (κ1) is 10.8. The molecule has 13 heavy (non-hydrogen) atoms. The molecule has 1 rings (SSSR count). The SMILES string of the molecule is C#Cc1cccc(C#C)c1.O=CO. The molecule has 2 nitrogen and oxygen atoms in total. The summed E-state index contributed by atoms with van der Waals surface area (Å²) in [7, 11) is 0. The molecule has 0 aliphatic rings. The van der Waals surface area contributed by atoms with E-state index in [9.17, 15) is 0 Å². The Bertz CT molecular complexity index is 324. The van der Waals surface area contributed by atoms with Crippen molar-refractivity contribution < 1.29 is 9.90 Å². The molecule has 1 N–H and O–H groups in total. The molecule has 0 spiro atoms. The summed E-state index contributed by atoms with van der Waals surface area (Å²) in [6.45, 7) is -0.250. The van der Waals surface area contributed by atoms with Crippen molar-refractivity contribution in [2.75, 3.05) is 0 Å². The predicted octanol–water partition coefficient (Wildman–Crippen LogP) is 1.35. The van der Waals surface area contributed by atoms with Gasteiger partial charge in [-0.3, -0.25) is 4.79 Å². The van der Waals surface area contributed by atoms with Crippen LogP contribution in [0.5, 0.6) is 0 Å². The Hall–Kier alpha value is -2.19. The maximum absolute atomic E-state index is 8.36. The van der Waals surface area contributed by atoms with Crippen molar-refractivity contribution in [3.05, 3.63) is 35.4 Å². The molecule has 1 aromatic carbocycles. The molecule has 0 saturated heterocycles. The summed E-state index contributed by atoms with van der Waals surface area (Å²) < 4.78 is 0. The Morgan fingerprint density at radius 2 is 1.62 bits per heavy atom. The van der Waals surface area contributed by atoms with Crippen LogP contribution in [-0.2, 0) is 4.79 Å². The Labute approximate surface area is 77.2 Å². The molecular weight excluding hydrogens is 164 g/mol. The zero-order valence-electron chi connectivity index (χ0n) is 6.90. The van der Waals surface area contributed by atoms with Crippen LogP contribution < -0.4 is 0 Å². The van der Waals surface area contributed by atoms with E-state index in [0.717, 1.165) is 11.1 Å². The molecule has 0 aromatic heterocycles. The highest BCUT2D eigenvalue weighted by Crippen LogP contribution is 2.01. The fourth-order valence-electron chi connectivity index (χ4n) is 0.699. The lowest BCUT2D eigenvalue weighted by Crippen LogP contribution is -1.75. The molecule has 0 radical (unpaired) electrons. The summed E-state index contributed by atoms with van der Waals surface area (Å²) in [5.41, 5.74) is 1.66. The van der Waals surface area contributed by atoms with Gasteiger partial charge >= 0.3 is 0 Å². The lowest BCUT2D eigenvalue weighted by molar-refractivity contribution is -0.122. The number of terminal acetylenes is 2. The second-order valence-corrected chi connectivity index (χ2v) is 1.97. The Balaban J connectivity index is 0.000000424. The topological polar surface area (TPSA) is 37.3 Å². The van der Waals surface area contributed by atoms with Gasteiger partial charge in [0.2, 0.25) is 0 Å². The number of benzene rings is 1. The summed E-state index contributed by atoms with van der Waals surface area (Å²) in [6.07, 6.45) is 10.3. The van der Waals surface area contributed by atoms with Crippen LogP contribution in [0.4, 0.5) is 0 Å². The van der Waals surface area contributed by atoms with E-state index >= 15 is 0 Å². The van der Waals surface area contributed by atoms with Crippen LogP contribution in [-0.4, -0.2) is 11.6 Å². The first-order valence-corrected chi connectivity index (χ1v) is 3.39. The van der Waals surface area contributed by atoms with E-state index in [1.165, 1.54) is 0 Å². The van der Waals surface area contributed by atoms with Gasteiger partial charge in [0.1, 0.15) is 0 Å². The van der Waals surface area contributed by atoms with Crippen LogP contribution in [0.3, 0.4) is 0 Å². The Morgan fingerprint density at radius 3 is 1.92 bits per heavy atom. The van der Waals surface area contributed by atoms with Crippen LogP contribution in [0.15, 0.2) is 24.3 Å². The molecule has 0 unspecified atom stereocenters. The summed E-state index contributed by atoms with van der Waals surface area (Å²) in [5.74, 6) is 5.01. The van der Waals surface area contributed by atoms with E-state index < -0.39 is 0 Å². The number of hydrogen-bond acceptors (Lipinski definition) is 1. The summed E-state index contributed by atoms with van der Waals surface area (Å²) in [4.78, 5) is 8.36. The summed E-state index contributed by atoms with van der Waals surface area (Å²) in [5, 5.41) is 6.89. The van der Waals surface area contributed by atoms with Crippen LogP contribution in [0.25, 0.3) is 0 Å². The number of carbonyl (C=O) groups is 1. The first-order chi connectivity index (χ1) is 6.28. The van der Waals surface area contributed by atoms with Gasteiger partial charge in [-0.25, -0.2) is 0 Å². The van der Waals surface area contributed by atoms with Gasteiger partial charge in [-0.1, -0.05) is 17.9 Å². The average molecular weight is 172 g/mol. The third kappa shape index (κ3) is 4.29. The van der Waals surface area contributed by atoms with Crippen molar-refractivity contribution in [2.24, 2.45) is 0 Å². The smallest absolute Gasteiger partial charge is 0.290 e. The minimum absolute atomic E-state index is 0.250. The largest absolute Gasteiger partial charge is 0.483 e. The van der Waals surface area contributed by atoms with Crippen LogP contribution in [0, 0.1) is 24.7 Å².